The van der Waals surface area contributed by atoms with E-state index in [-0.39, 0.29) is 41.4 Å². The molecule has 0 bridgehead atoms. The second-order valence-corrected chi connectivity index (χ2v) is 9.86. The van der Waals surface area contributed by atoms with Crippen molar-refractivity contribution in [2.45, 2.75) is 32.4 Å². The van der Waals surface area contributed by atoms with E-state index in [0.29, 0.717) is 12.1 Å². The average Bonchev–Trinajstić information content (AvgIpc) is 3.70. The van der Waals surface area contributed by atoms with Crippen molar-refractivity contribution in [2.75, 3.05) is 7.05 Å². The monoisotopic (exact) mass is 556 g/mol. The number of pyridine rings is 1. The van der Waals surface area contributed by atoms with Gasteiger partial charge in [0.25, 0.3) is 11.8 Å². The summed E-state index contributed by atoms with van der Waals surface area (Å²) in [4.78, 5) is 35.5. The van der Waals surface area contributed by atoms with Crippen LogP contribution >= 0.6 is 0 Å². The molecule has 0 spiro atoms. The van der Waals surface area contributed by atoms with Crippen LogP contribution < -0.4 is 5.32 Å². The normalized spacial score (nSPS) is 12.6. The molecule has 5 aromatic rings. The Hall–Kier alpha value is -5.33. The summed E-state index contributed by atoms with van der Waals surface area (Å²) in [6.07, 6.45) is 1.89. The molecule has 13 heteroatoms. The lowest BCUT2D eigenvalue weighted by Gasteiger charge is -2.25. The topological polar surface area (TPSA) is 165 Å². The van der Waals surface area contributed by atoms with Gasteiger partial charge in [-0.1, -0.05) is 30.3 Å². The molecule has 41 heavy (non-hydrogen) atoms. The Morgan fingerprint density at radius 3 is 2.46 bits per heavy atom. The predicted molar refractivity (Wildman–Crippen MR) is 145 cm³/mol. The third-order valence-corrected chi connectivity index (χ3v) is 6.47. The maximum absolute atomic E-state index is 13.5. The highest BCUT2D eigenvalue weighted by molar-refractivity contribution is 5.95. The van der Waals surface area contributed by atoms with Gasteiger partial charge in [-0.2, -0.15) is 5.10 Å². The van der Waals surface area contributed by atoms with Crippen molar-refractivity contribution in [3.63, 3.8) is 0 Å². The number of benzene rings is 1. The number of hydrogen-bond donors (Lipinski definition) is 2. The number of nitrogens with one attached hydrogen (secondary N) is 1. The van der Waals surface area contributed by atoms with Crippen LogP contribution in [0.3, 0.4) is 0 Å². The highest BCUT2D eigenvalue weighted by atomic mass is 16.4. The minimum absolute atomic E-state index is 0.00107. The molecule has 0 saturated heterocycles. The van der Waals surface area contributed by atoms with E-state index in [1.54, 1.807) is 29.6 Å². The van der Waals surface area contributed by atoms with Gasteiger partial charge in [-0.05, 0) is 37.6 Å². The number of carboxylic acid groups (broad SMARTS) is 1. The van der Waals surface area contributed by atoms with Gasteiger partial charge in [0.05, 0.1) is 24.1 Å². The smallest absolute Gasteiger partial charge is 0.405 e. The van der Waals surface area contributed by atoms with E-state index in [4.69, 9.17) is 8.83 Å². The molecule has 5 rings (SSSR count). The minimum atomic E-state index is -1.24. The van der Waals surface area contributed by atoms with E-state index in [1.165, 1.54) is 18.5 Å². The lowest BCUT2D eigenvalue weighted by atomic mass is 9.93. The van der Waals surface area contributed by atoms with Crippen LogP contribution in [0.2, 0.25) is 0 Å². The fourth-order valence-corrected chi connectivity index (χ4v) is 4.53. The van der Waals surface area contributed by atoms with Gasteiger partial charge in [0, 0.05) is 26.1 Å². The fraction of sp³-hybridized carbons (Fsp3) is 0.250. The summed E-state index contributed by atoms with van der Waals surface area (Å²) in [6, 6.07) is 14.4. The summed E-state index contributed by atoms with van der Waals surface area (Å²) in [7, 11) is 3.51. The zero-order valence-electron chi connectivity index (χ0n) is 22.9. The van der Waals surface area contributed by atoms with E-state index < -0.39 is 11.6 Å². The van der Waals surface area contributed by atoms with Crippen molar-refractivity contribution in [2.24, 2.45) is 7.05 Å². The highest BCUT2D eigenvalue weighted by Gasteiger charge is 2.35. The van der Waals surface area contributed by atoms with Crippen LogP contribution in [-0.2, 0) is 25.6 Å². The minimum Gasteiger partial charge on any atom is -0.465 e. The number of aromatic nitrogens is 6. The molecule has 210 valence electrons. The Kier molecular flexibility index (Phi) is 7.34. The van der Waals surface area contributed by atoms with Crippen LogP contribution in [0.15, 0.2) is 69.8 Å². The molecule has 2 amide bonds. The third-order valence-electron chi connectivity index (χ3n) is 6.47. The molecule has 4 aromatic heterocycles. The lowest BCUT2D eigenvalue weighted by molar-refractivity contribution is 0.0782. The fourth-order valence-electron chi connectivity index (χ4n) is 4.53. The Balaban J connectivity index is 1.51. The zero-order chi connectivity index (χ0) is 29.1. The molecule has 0 aliphatic heterocycles. The van der Waals surface area contributed by atoms with Crippen molar-refractivity contribution in [3.05, 3.63) is 89.4 Å². The number of amides is 2. The van der Waals surface area contributed by atoms with E-state index in [1.807, 2.05) is 50.4 Å². The summed E-state index contributed by atoms with van der Waals surface area (Å²) in [5.74, 6) is -0.0500. The number of carbonyl (C=O) groups excluding carboxylic acids is 1. The quantitative estimate of drug-likeness (QED) is 0.272. The molecule has 0 saturated carbocycles. The van der Waals surface area contributed by atoms with Crippen molar-refractivity contribution in [1.82, 2.24) is 40.2 Å². The van der Waals surface area contributed by atoms with E-state index in [9.17, 15) is 14.7 Å². The van der Waals surface area contributed by atoms with Gasteiger partial charge in [0.15, 0.2) is 0 Å². The zero-order valence-corrected chi connectivity index (χ0v) is 22.9. The Bertz CT molecular complexity index is 1680. The van der Waals surface area contributed by atoms with Gasteiger partial charge in [-0.25, -0.2) is 14.8 Å². The Morgan fingerprint density at radius 2 is 1.83 bits per heavy atom. The molecule has 4 heterocycles. The maximum atomic E-state index is 13.5. The molecule has 0 unspecified atom stereocenters. The van der Waals surface area contributed by atoms with Crippen LogP contribution in [0, 0.1) is 6.92 Å². The van der Waals surface area contributed by atoms with Crippen LogP contribution in [0.1, 0.15) is 40.1 Å². The molecule has 1 aromatic carbocycles. The molecule has 13 nitrogen and oxygen atoms in total. The number of carbonyl (C=O) groups is 2. The second-order valence-electron chi connectivity index (χ2n) is 9.86. The highest BCUT2D eigenvalue weighted by Crippen LogP contribution is 2.29. The van der Waals surface area contributed by atoms with E-state index >= 15 is 0 Å². The van der Waals surface area contributed by atoms with E-state index in [2.05, 4.69) is 30.6 Å². The van der Waals surface area contributed by atoms with Crippen molar-refractivity contribution >= 4 is 12.0 Å². The van der Waals surface area contributed by atoms with Crippen molar-refractivity contribution in [3.8, 4) is 23.2 Å². The maximum Gasteiger partial charge on any atom is 0.405 e. The first-order valence-electron chi connectivity index (χ1n) is 12.7. The summed E-state index contributed by atoms with van der Waals surface area (Å²) >= 11 is 0. The molecule has 0 fully saturated rings. The molecule has 2 N–H and O–H groups in total. The van der Waals surface area contributed by atoms with Gasteiger partial charge in [-0.15, -0.1) is 10.2 Å². The average molecular weight is 557 g/mol. The van der Waals surface area contributed by atoms with Crippen LogP contribution in [0.4, 0.5) is 4.79 Å². The molecule has 1 atom stereocenters. The first-order valence-corrected chi connectivity index (χ1v) is 12.7. The lowest BCUT2D eigenvalue weighted by Crippen LogP contribution is -2.44. The Labute approximate surface area is 234 Å². The van der Waals surface area contributed by atoms with Crippen molar-refractivity contribution < 1.29 is 23.5 Å². The summed E-state index contributed by atoms with van der Waals surface area (Å²) in [6.45, 7) is 3.87. The standard InChI is InChI=1S/C28H28N8O5/c1-17-12-20(36(4)34-17)16-35(3)25(37)19-13-21(23-29-10-11-40-23)30-22(14-19)24-32-33-26(41-24)28(2,31-27(38)39)15-18-8-6-5-7-9-18/h5-14,31H,15-16H2,1-4H3,(H,38,39)/t28-/m1/s1. The van der Waals surface area contributed by atoms with Gasteiger partial charge >= 0.3 is 6.09 Å². The first-order chi connectivity index (χ1) is 19.6. The van der Waals surface area contributed by atoms with Crippen LogP contribution in [0.25, 0.3) is 23.2 Å². The number of hydrogen-bond acceptors (Lipinski definition) is 9. The second kappa shape index (κ2) is 11.0. The molecule has 0 aliphatic rings. The summed E-state index contributed by atoms with van der Waals surface area (Å²) in [5, 5.41) is 24.7. The molecule has 0 aliphatic carbocycles. The summed E-state index contributed by atoms with van der Waals surface area (Å²) < 4.78 is 13.2. The summed E-state index contributed by atoms with van der Waals surface area (Å²) in [5.41, 5.74) is 2.13. The number of rotatable bonds is 9. The number of oxazole rings is 1. The Morgan fingerprint density at radius 1 is 1.10 bits per heavy atom. The third kappa shape index (κ3) is 5.98. The molecular weight excluding hydrogens is 528 g/mol. The van der Waals surface area contributed by atoms with Gasteiger partial charge in [-0.3, -0.25) is 9.48 Å². The van der Waals surface area contributed by atoms with Crippen LogP contribution in [-0.4, -0.2) is 59.0 Å². The SMILES string of the molecule is Cc1cc(CN(C)C(=O)c2cc(-c3ncco3)nc(-c3nnc([C@@](C)(Cc4ccccc4)NC(=O)O)o3)c2)n(C)n1. The van der Waals surface area contributed by atoms with Gasteiger partial charge < -0.3 is 24.2 Å². The number of aryl methyl sites for hydroxylation is 2. The van der Waals surface area contributed by atoms with E-state index in [0.717, 1.165) is 17.0 Å². The largest absolute Gasteiger partial charge is 0.465 e. The molecular formula is C28H28N8O5. The van der Waals surface area contributed by atoms with Crippen molar-refractivity contribution in [1.29, 1.82) is 0 Å². The van der Waals surface area contributed by atoms with Crippen LogP contribution in [0.5, 0.6) is 0 Å². The molecule has 0 radical (unpaired) electrons. The number of nitrogens with zero attached hydrogens (tertiary/aromatic N) is 7. The first kappa shape index (κ1) is 27.2. The van der Waals surface area contributed by atoms with Gasteiger partial charge in [0.2, 0.25) is 11.8 Å². The van der Waals surface area contributed by atoms with Gasteiger partial charge in [0.1, 0.15) is 23.2 Å². The predicted octanol–water partition coefficient (Wildman–Crippen LogP) is 3.83.